The van der Waals surface area contributed by atoms with Gasteiger partial charge in [-0.05, 0) is 12.8 Å². The van der Waals surface area contributed by atoms with Crippen LogP contribution in [-0.2, 0) is 9.59 Å². The highest BCUT2D eigenvalue weighted by molar-refractivity contribution is 5.85. The summed E-state index contributed by atoms with van der Waals surface area (Å²) in [4.78, 5) is 24.4. The van der Waals surface area contributed by atoms with Crippen LogP contribution < -0.4 is 0 Å². The average molecular weight is 229 g/mol. The third kappa shape index (κ3) is 2.72. The van der Waals surface area contributed by atoms with Gasteiger partial charge < -0.3 is 15.1 Å². The Morgan fingerprint density at radius 1 is 1.31 bits per heavy atom. The van der Waals surface area contributed by atoms with E-state index < -0.39 is 11.4 Å². The van der Waals surface area contributed by atoms with Gasteiger partial charge in [0.25, 0.3) is 0 Å². The van der Waals surface area contributed by atoms with Gasteiger partial charge in [-0.1, -0.05) is 12.8 Å². The predicted octanol–water partition coefficient (Wildman–Crippen LogP) is 0.472. The largest absolute Gasteiger partial charge is 0.481 e. The number of likely N-dealkylation sites (N-methyl/N-ethyl adjacent to an activating group) is 1. The fourth-order valence-electron chi connectivity index (χ4n) is 2.22. The van der Waals surface area contributed by atoms with Crippen LogP contribution in [-0.4, -0.2) is 47.2 Å². The number of amides is 1. The second kappa shape index (κ2) is 5.30. The van der Waals surface area contributed by atoms with Gasteiger partial charge in [-0.15, -0.1) is 0 Å². The summed E-state index contributed by atoms with van der Waals surface area (Å²) in [5, 5.41) is 17.9. The zero-order valence-electron chi connectivity index (χ0n) is 9.61. The minimum atomic E-state index is -0.865. The highest BCUT2D eigenvalue weighted by atomic mass is 16.4. The summed E-state index contributed by atoms with van der Waals surface area (Å²) in [6.45, 7) is 0.164. The summed E-state index contributed by atoms with van der Waals surface area (Å²) in [5.41, 5.74) is -0.860. The molecule has 1 fully saturated rings. The number of hydrogen-bond acceptors (Lipinski definition) is 3. The maximum atomic E-state index is 11.8. The summed E-state index contributed by atoms with van der Waals surface area (Å²) in [5.74, 6) is -1.06. The molecule has 0 aliphatic heterocycles. The van der Waals surface area contributed by atoms with Gasteiger partial charge in [0.15, 0.2) is 0 Å². The Kier molecular flexibility index (Phi) is 4.29. The van der Waals surface area contributed by atoms with E-state index in [4.69, 9.17) is 5.11 Å². The lowest BCUT2D eigenvalue weighted by Crippen LogP contribution is -2.37. The van der Waals surface area contributed by atoms with E-state index in [1.165, 1.54) is 4.90 Å². The lowest BCUT2D eigenvalue weighted by Gasteiger charge is -2.26. The van der Waals surface area contributed by atoms with E-state index in [1.807, 2.05) is 0 Å². The van der Waals surface area contributed by atoms with Gasteiger partial charge in [-0.25, -0.2) is 0 Å². The average Bonchev–Trinajstić information content (AvgIpc) is 2.68. The van der Waals surface area contributed by atoms with Crippen molar-refractivity contribution in [3.8, 4) is 0 Å². The fraction of sp³-hybridized carbons (Fsp3) is 0.818. The molecule has 0 radical (unpaired) electrons. The monoisotopic (exact) mass is 229 g/mol. The Labute approximate surface area is 95.1 Å². The normalized spacial score (nSPS) is 18.4. The topological polar surface area (TPSA) is 77.8 Å². The van der Waals surface area contributed by atoms with E-state index in [9.17, 15) is 14.7 Å². The maximum absolute atomic E-state index is 11.8. The highest BCUT2D eigenvalue weighted by Gasteiger charge is 2.43. The number of aliphatic hydroxyl groups excluding tert-OH is 1. The predicted molar refractivity (Wildman–Crippen MR) is 57.9 cm³/mol. The molecule has 2 N–H and O–H groups in total. The number of hydrogen-bond donors (Lipinski definition) is 2. The van der Waals surface area contributed by atoms with Crippen LogP contribution in [0.5, 0.6) is 0 Å². The molecular weight excluding hydrogens is 210 g/mol. The quantitative estimate of drug-likeness (QED) is 0.718. The van der Waals surface area contributed by atoms with E-state index in [0.717, 1.165) is 12.8 Å². The van der Waals surface area contributed by atoms with Crippen LogP contribution in [0.4, 0.5) is 0 Å². The summed E-state index contributed by atoms with van der Waals surface area (Å²) in [6.07, 6.45) is 2.98. The van der Waals surface area contributed by atoms with Crippen molar-refractivity contribution in [2.75, 3.05) is 20.2 Å². The van der Waals surface area contributed by atoms with Crippen molar-refractivity contribution in [2.45, 2.75) is 32.1 Å². The molecule has 1 rings (SSSR count). The first-order valence-corrected chi connectivity index (χ1v) is 5.60. The van der Waals surface area contributed by atoms with Crippen LogP contribution >= 0.6 is 0 Å². The molecular formula is C11H19NO4. The zero-order valence-corrected chi connectivity index (χ0v) is 9.61. The number of aliphatic hydroxyl groups is 1. The summed E-state index contributed by atoms with van der Waals surface area (Å²) in [6, 6.07) is 0. The number of carbonyl (C=O) groups excluding carboxylic acids is 1. The molecule has 1 amide bonds. The molecule has 5 heteroatoms. The summed E-state index contributed by atoms with van der Waals surface area (Å²) < 4.78 is 0. The molecule has 1 aliphatic carbocycles. The molecule has 0 atom stereocenters. The van der Waals surface area contributed by atoms with Gasteiger partial charge in [-0.2, -0.15) is 0 Å². The van der Waals surface area contributed by atoms with Crippen molar-refractivity contribution < 1.29 is 19.8 Å². The van der Waals surface area contributed by atoms with Crippen molar-refractivity contribution >= 4 is 11.9 Å². The van der Waals surface area contributed by atoms with E-state index in [1.54, 1.807) is 7.05 Å². The lowest BCUT2D eigenvalue weighted by atomic mass is 9.82. The molecule has 0 bridgehead atoms. The first-order chi connectivity index (χ1) is 7.52. The molecule has 0 aromatic rings. The number of carboxylic acids is 1. The smallest absolute Gasteiger partial charge is 0.310 e. The van der Waals surface area contributed by atoms with Gasteiger partial charge in [0, 0.05) is 20.0 Å². The van der Waals surface area contributed by atoms with Crippen molar-refractivity contribution in [3.63, 3.8) is 0 Å². The minimum Gasteiger partial charge on any atom is -0.481 e. The SMILES string of the molecule is CN(CCO)C(=O)CC1(C(=O)O)CCCC1. The number of rotatable bonds is 5. The molecule has 16 heavy (non-hydrogen) atoms. The second-order valence-electron chi connectivity index (χ2n) is 4.51. The summed E-state index contributed by atoms with van der Waals surface area (Å²) in [7, 11) is 1.59. The van der Waals surface area contributed by atoms with Crippen LogP contribution in [0, 0.1) is 5.41 Å². The van der Waals surface area contributed by atoms with E-state index >= 15 is 0 Å². The summed E-state index contributed by atoms with van der Waals surface area (Å²) >= 11 is 0. The Hall–Kier alpha value is -1.10. The van der Waals surface area contributed by atoms with E-state index in [-0.39, 0.29) is 25.5 Å². The molecule has 1 saturated carbocycles. The molecule has 92 valence electrons. The molecule has 5 nitrogen and oxygen atoms in total. The third-order valence-electron chi connectivity index (χ3n) is 3.37. The van der Waals surface area contributed by atoms with Crippen molar-refractivity contribution in [3.05, 3.63) is 0 Å². The molecule has 0 aromatic carbocycles. The van der Waals surface area contributed by atoms with Crippen LogP contribution in [0.25, 0.3) is 0 Å². The Morgan fingerprint density at radius 2 is 1.88 bits per heavy atom. The Morgan fingerprint density at radius 3 is 2.31 bits per heavy atom. The third-order valence-corrected chi connectivity index (χ3v) is 3.37. The number of carbonyl (C=O) groups is 2. The van der Waals surface area contributed by atoms with Crippen molar-refractivity contribution in [2.24, 2.45) is 5.41 Å². The van der Waals surface area contributed by atoms with Gasteiger partial charge in [-0.3, -0.25) is 9.59 Å². The van der Waals surface area contributed by atoms with Crippen LogP contribution in [0.2, 0.25) is 0 Å². The zero-order chi connectivity index (χ0) is 12.2. The Balaban J connectivity index is 2.62. The van der Waals surface area contributed by atoms with Gasteiger partial charge in [0.05, 0.1) is 12.0 Å². The number of nitrogens with zero attached hydrogens (tertiary/aromatic N) is 1. The Bertz CT molecular complexity index is 271. The maximum Gasteiger partial charge on any atom is 0.310 e. The molecule has 0 saturated heterocycles. The number of carboxylic acid groups (broad SMARTS) is 1. The van der Waals surface area contributed by atoms with Gasteiger partial charge in [0.1, 0.15) is 0 Å². The minimum absolute atomic E-state index is 0.0544. The number of aliphatic carboxylic acids is 1. The standard InChI is InChI=1S/C11H19NO4/c1-12(6-7-13)9(14)8-11(10(15)16)4-2-3-5-11/h13H,2-8H2,1H3,(H,15,16). The van der Waals surface area contributed by atoms with Crippen LogP contribution in [0.3, 0.4) is 0 Å². The first kappa shape index (κ1) is 13.0. The molecule has 0 aromatic heterocycles. The van der Waals surface area contributed by atoms with E-state index in [2.05, 4.69) is 0 Å². The van der Waals surface area contributed by atoms with Crippen molar-refractivity contribution in [1.82, 2.24) is 4.90 Å². The van der Waals surface area contributed by atoms with E-state index in [0.29, 0.717) is 12.8 Å². The van der Waals surface area contributed by atoms with Crippen LogP contribution in [0.15, 0.2) is 0 Å². The van der Waals surface area contributed by atoms with Gasteiger partial charge in [0.2, 0.25) is 5.91 Å². The first-order valence-electron chi connectivity index (χ1n) is 5.60. The molecule has 0 spiro atoms. The molecule has 0 heterocycles. The molecule has 1 aliphatic rings. The fourth-order valence-corrected chi connectivity index (χ4v) is 2.22. The molecule has 0 unspecified atom stereocenters. The van der Waals surface area contributed by atoms with Gasteiger partial charge >= 0.3 is 5.97 Å². The lowest BCUT2D eigenvalue weighted by molar-refractivity contribution is -0.153. The van der Waals surface area contributed by atoms with Crippen molar-refractivity contribution in [1.29, 1.82) is 0 Å². The highest BCUT2D eigenvalue weighted by Crippen LogP contribution is 2.41. The second-order valence-corrected chi connectivity index (χ2v) is 4.51. The van der Waals surface area contributed by atoms with Crippen LogP contribution in [0.1, 0.15) is 32.1 Å².